The first-order chi connectivity index (χ1) is 14.4. The van der Waals surface area contributed by atoms with E-state index in [1.165, 1.54) is 6.07 Å². The standard InChI is InChI=1S/C22H18N2O6/c1-13-6-5-9-15-17(13)19(27)24(18(15)26)22(11-10-16(25)23-20(22)28)21(29)30-12-14-7-3-2-4-8-14/h2-9H,10-12H2,1H3,(H,23,25,28). The third kappa shape index (κ3) is 2.88. The van der Waals surface area contributed by atoms with Gasteiger partial charge >= 0.3 is 5.97 Å². The summed E-state index contributed by atoms with van der Waals surface area (Å²) in [6, 6.07) is 13.5. The summed E-state index contributed by atoms with van der Waals surface area (Å²) in [5.41, 5.74) is -0.773. The second-order valence-electron chi connectivity index (χ2n) is 7.24. The number of aryl methyl sites for hydroxylation is 1. The maximum Gasteiger partial charge on any atom is 0.342 e. The van der Waals surface area contributed by atoms with Crippen LogP contribution in [-0.4, -0.2) is 40.0 Å². The molecule has 8 heteroatoms. The van der Waals surface area contributed by atoms with Gasteiger partial charge in [0.2, 0.25) is 11.4 Å². The first kappa shape index (κ1) is 19.5. The minimum Gasteiger partial charge on any atom is -0.459 e. The molecule has 1 fully saturated rings. The van der Waals surface area contributed by atoms with E-state index in [0.717, 1.165) is 0 Å². The van der Waals surface area contributed by atoms with E-state index >= 15 is 0 Å². The number of imide groups is 2. The number of benzene rings is 2. The molecule has 8 nitrogen and oxygen atoms in total. The minimum absolute atomic E-state index is 0.111. The van der Waals surface area contributed by atoms with Crippen molar-refractivity contribution in [1.29, 1.82) is 0 Å². The second kappa shape index (κ2) is 7.22. The fourth-order valence-corrected chi connectivity index (χ4v) is 3.84. The van der Waals surface area contributed by atoms with Crippen molar-refractivity contribution in [3.05, 3.63) is 70.8 Å². The zero-order valence-corrected chi connectivity index (χ0v) is 16.1. The van der Waals surface area contributed by atoms with Crippen LogP contribution in [0.15, 0.2) is 48.5 Å². The molecule has 2 aromatic rings. The summed E-state index contributed by atoms with van der Waals surface area (Å²) in [4.78, 5) is 64.8. The van der Waals surface area contributed by atoms with Gasteiger partial charge < -0.3 is 4.74 Å². The molecule has 0 spiro atoms. The summed E-state index contributed by atoms with van der Waals surface area (Å²) in [5.74, 6) is -4.19. The molecular formula is C22H18N2O6. The van der Waals surface area contributed by atoms with Gasteiger partial charge in [0.1, 0.15) is 6.61 Å². The van der Waals surface area contributed by atoms with Crippen LogP contribution in [0.2, 0.25) is 0 Å². The molecule has 2 aromatic carbocycles. The lowest BCUT2D eigenvalue weighted by atomic mass is 9.86. The molecule has 4 amide bonds. The fourth-order valence-electron chi connectivity index (χ4n) is 3.84. The number of rotatable bonds is 4. The molecule has 30 heavy (non-hydrogen) atoms. The van der Waals surface area contributed by atoms with Crippen LogP contribution in [0.25, 0.3) is 0 Å². The first-order valence-electron chi connectivity index (χ1n) is 9.40. The molecule has 4 rings (SSSR count). The van der Waals surface area contributed by atoms with Crippen molar-refractivity contribution in [2.24, 2.45) is 0 Å². The zero-order chi connectivity index (χ0) is 21.5. The van der Waals surface area contributed by atoms with Gasteiger partial charge in [-0.05, 0) is 30.5 Å². The first-order valence-corrected chi connectivity index (χ1v) is 9.40. The van der Waals surface area contributed by atoms with Crippen LogP contribution in [0.1, 0.15) is 44.7 Å². The van der Waals surface area contributed by atoms with E-state index in [1.54, 1.807) is 49.4 Å². The van der Waals surface area contributed by atoms with E-state index in [2.05, 4.69) is 5.32 Å². The number of ether oxygens (including phenoxy) is 1. The topological polar surface area (TPSA) is 110 Å². The quantitative estimate of drug-likeness (QED) is 0.468. The number of nitrogens with one attached hydrogen (secondary N) is 1. The summed E-state index contributed by atoms with van der Waals surface area (Å²) in [6.07, 6.45) is -0.547. The van der Waals surface area contributed by atoms with E-state index in [1.807, 2.05) is 0 Å². The van der Waals surface area contributed by atoms with Crippen molar-refractivity contribution in [3.63, 3.8) is 0 Å². The van der Waals surface area contributed by atoms with E-state index in [-0.39, 0.29) is 30.6 Å². The lowest BCUT2D eigenvalue weighted by molar-refractivity contribution is -0.165. The van der Waals surface area contributed by atoms with Gasteiger partial charge in [-0.25, -0.2) is 9.69 Å². The number of carbonyl (C=O) groups excluding carboxylic acids is 5. The van der Waals surface area contributed by atoms with Gasteiger partial charge in [-0.2, -0.15) is 0 Å². The highest BCUT2D eigenvalue weighted by molar-refractivity contribution is 6.28. The number of fused-ring (bicyclic) bond motifs is 1. The molecule has 1 N–H and O–H groups in total. The number of carbonyl (C=O) groups is 5. The van der Waals surface area contributed by atoms with Gasteiger partial charge in [-0.3, -0.25) is 24.5 Å². The molecule has 2 aliphatic heterocycles. The Morgan fingerprint density at radius 3 is 2.43 bits per heavy atom. The highest BCUT2D eigenvalue weighted by Crippen LogP contribution is 2.36. The molecule has 1 unspecified atom stereocenters. The SMILES string of the molecule is Cc1cccc2c1C(=O)N(C1(C(=O)OCc3ccccc3)CCC(=O)NC1=O)C2=O. The summed E-state index contributed by atoms with van der Waals surface area (Å²) in [5, 5.41) is 2.08. The molecule has 0 saturated carbocycles. The predicted molar refractivity (Wildman–Crippen MR) is 103 cm³/mol. The van der Waals surface area contributed by atoms with E-state index in [0.29, 0.717) is 16.0 Å². The maximum absolute atomic E-state index is 13.2. The van der Waals surface area contributed by atoms with Crippen molar-refractivity contribution < 1.29 is 28.7 Å². The van der Waals surface area contributed by atoms with Crippen molar-refractivity contribution in [2.45, 2.75) is 31.9 Å². The van der Waals surface area contributed by atoms with Crippen LogP contribution >= 0.6 is 0 Å². The highest BCUT2D eigenvalue weighted by Gasteiger charge is 2.61. The predicted octanol–water partition coefficient (Wildman–Crippen LogP) is 1.51. The van der Waals surface area contributed by atoms with Gasteiger partial charge in [0.05, 0.1) is 11.1 Å². The smallest absolute Gasteiger partial charge is 0.342 e. The van der Waals surface area contributed by atoms with Crippen LogP contribution in [0.5, 0.6) is 0 Å². The molecule has 1 saturated heterocycles. The van der Waals surface area contributed by atoms with E-state index in [4.69, 9.17) is 4.74 Å². The lowest BCUT2D eigenvalue weighted by Crippen LogP contribution is -2.68. The number of nitrogens with zero attached hydrogens (tertiary/aromatic N) is 1. The molecule has 0 bridgehead atoms. The van der Waals surface area contributed by atoms with Crippen molar-refractivity contribution >= 4 is 29.6 Å². The van der Waals surface area contributed by atoms with Crippen molar-refractivity contribution in [2.75, 3.05) is 0 Å². The highest BCUT2D eigenvalue weighted by atomic mass is 16.5. The Kier molecular flexibility index (Phi) is 4.69. The van der Waals surface area contributed by atoms with Gasteiger partial charge in [0.25, 0.3) is 17.7 Å². The molecule has 0 radical (unpaired) electrons. The minimum atomic E-state index is -2.25. The average Bonchev–Trinajstić information content (AvgIpc) is 2.99. The summed E-state index contributed by atoms with van der Waals surface area (Å²) >= 11 is 0. The molecule has 1 atom stereocenters. The van der Waals surface area contributed by atoms with Crippen molar-refractivity contribution in [1.82, 2.24) is 10.2 Å². The Morgan fingerprint density at radius 1 is 1.03 bits per heavy atom. The second-order valence-corrected chi connectivity index (χ2v) is 7.24. The van der Waals surface area contributed by atoms with E-state index in [9.17, 15) is 24.0 Å². The largest absolute Gasteiger partial charge is 0.459 e. The summed E-state index contributed by atoms with van der Waals surface area (Å²) in [7, 11) is 0. The molecule has 0 aliphatic carbocycles. The van der Waals surface area contributed by atoms with Crippen LogP contribution < -0.4 is 5.32 Å². The third-order valence-corrected chi connectivity index (χ3v) is 5.40. The van der Waals surface area contributed by atoms with Crippen LogP contribution in [0, 0.1) is 6.92 Å². The third-order valence-electron chi connectivity index (χ3n) is 5.40. The van der Waals surface area contributed by atoms with Gasteiger partial charge in [0.15, 0.2) is 0 Å². The lowest BCUT2D eigenvalue weighted by Gasteiger charge is -2.38. The maximum atomic E-state index is 13.2. The normalized spacial score (nSPS) is 20.8. The summed E-state index contributed by atoms with van der Waals surface area (Å²) in [6.45, 7) is 1.52. The van der Waals surface area contributed by atoms with E-state index < -0.39 is 35.1 Å². The Balaban J connectivity index is 1.74. The van der Waals surface area contributed by atoms with Crippen LogP contribution in [0.4, 0.5) is 0 Å². The van der Waals surface area contributed by atoms with Crippen LogP contribution in [-0.2, 0) is 25.7 Å². The number of hydrogen-bond acceptors (Lipinski definition) is 6. The number of amides is 4. The zero-order valence-electron chi connectivity index (χ0n) is 16.1. The van der Waals surface area contributed by atoms with Gasteiger partial charge in [-0.1, -0.05) is 42.5 Å². The molecule has 0 aromatic heterocycles. The fraction of sp³-hybridized carbons (Fsp3) is 0.227. The van der Waals surface area contributed by atoms with Crippen LogP contribution in [0.3, 0.4) is 0 Å². The Morgan fingerprint density at radius 2 is 1.77 bits per heavy atom. The van der Waals surface area contributed by atoms with Gasteiger partial charge in [0, 0.05) is 6.42 Å². The van der Waals surface area contributed by atoms with Gasteiger partial charge in [-0.15, -0.1) is 0 Å². The van der Waals surface area contributed by atoms with Crippen molar-refractivity contribution in [3.8, 4) is 0 Å². The molecule has 2 aliphatic rings. The summed E-state index contributed by atoms with van der Waals surface area (Å²) < 4.78 is 5.36. The monoisotopic (exact) mass is 406 g/mol. The number of hydrogen-bond donors (Lipinski definition) is 1. The average molecular weight is 406 g/mol. The molecule has 152 valence electrons. The number of piperidine rings is 1. The Hall–Kier alpha value is -3.81. The molecule has 2 heterocycles. The number of esters is 1. The Labute approximate surface area is 171 Å². The Bertz CT molecular complexity index is 1090. The molecular weight excluding hydrogens is 388 g/mol.